The van der Waals surface area contributed by atoms with Gasteiger partial charge in [-0.15, -0.1) is 0 Å². The molecular weight excluding hydrogens is 294 g/mol. The lowest BCUT2D eigenvalue weighted by atomic mass is 9.80. The van der Waals surface area contributed by atoms with Crippen LogP contribution in [0.5, 0.6) is 0 Å². The number of aliphatic carboxylic acids is 1. The van der Waals surface area contributed by atoms with Crippen LogP contribution >= 0.6 is 0 Å². The molecule has 21 heavy (non-hydrogen) atoms. The average Bonchev–Trinajstić information content (AvgIpc) is 2.73. The van der Waals surface area contributed by atoms with E-state index in [0.717, 1.165) is 25.7 Å². The Kier molecular flexibility index (Phi) is 4.67. The van der Waals surface area contributed by atoms with Crippen LogP contribution in [0, 0.1) is 12.3 Å². The number of carboxylic acid groups (broad SMARTS) is 1. The number of hydrogen-bond acceptors (Lipinski definition) is 4. The Labute approximate surface area is 124 Å². The number of carbonyl (C=O) groups is 1. The lowest BCUT2D eigenvalue weighted by molar-refractivity contribution is -0.149. The lowest BCUT2D eigenvalue weighted by Crippen LogP contribution is -2.42. The van der Waals surface area contributed by atoms with Crippen molar-refractivity contribution in [1.82, 2.24) is 14.7 Å². The van der Waals surface area contributed by atoms with Crippen LogP contribution in [0.2, 0.25) is 0 Å². The van der Waals surface area contributed by atoms with Gasteiger partial charge in [-0.3, -0.25) is 4.79 Å². The first-order chi connectivity index (χ1) is 9.86. The number of carboxylic acids is 1. The third-order valence-corrected chi connectivity index (χ3v) is 5.39. The molecule has 0 amide bonds. The van der Waals surface area contributed by atoms with Gasteiger partial charge >= 0.3 is 5.97 Å². The Balaban J connectivity index is 2.13. The van der Waals surface area contributed by atoms with E-state index in [4.69, 9.17) is 0 Å². The fraction of sp³-hybridized carbons (Fsp3) is 0.692. The van der Waals surface area contributed by atoms with Crippen molar-refractivity contribution in [3.63, 3.8) is 0 Å². The van der Waals surface area contributed by atoms with Crippen molar-refractivity contribution in [2.24, 2.45) is 5.41 Å². The van der Waals surface area contributed by atoms with Crippen molar-refractivity contribution < 1.29 is 18.3 Å². The smallest absolute Gasteiger partial charge is 0.310 e. The van der Waals surface area contributed by atoms with E-state index in [-0.39, 0.29) is 11.6 Å². The SMILES string of the molecule is Cc1ncc(S(=O)(=O)NCC2(C(=O)O)CCCCCC2)[nH]1. The van der Waals surface area contributed by atoms with E-state index >= 15 is 0 Å². The first kappa shape index (κ1) is 16.0. The number of aromatic amines is 1. The van der Waals surface area contributed by atoms with Crippen molar-refractivity contribution in [3.05, 3.63) is 12.0 Å². The molecule has 1 fully saturated rings. The molecule has 0 aliphatic heterocycles. The molecule has 0 aromatic carbocycles. The summed E-state index contributed by atoms with van der Waals surface area (Å²) in [5, 5.41) is 9.50. The third kappa shape index (κ3) is 3.62. The largest absolute Gasteiger partial charge is 0.481 e. The molecule has 0 saturated heterocycles. The second kappa shape index (κ2) is 6.15. The van der Waals surface area contributed by atoms with Gasteiger partial charge in [-0.1, -0.05) is 25.7 Å². The topological polar surface area (TPSA) is 112 Å². The van der Waals surface area contributed by atoms with Crippen molar-refractivity contribution in [3.8, 4) is 0 Å². The Hall–Kier alpha value is -1.41. The highest BCUT2D eigenvalue weighted by Crippen LogP contribution is 2.35. The van der Waals surface area contributed by atoms with Gasteiger partial charge < -0.3 is 10.1 Å². The number of rotatable bonds is 5. The van der Waals surface area contributed by atoms with Crippen LogP contribution in [0.4, 0.5) is 0 Å². The first-order valence-corrected chi connectivity index (χ1v) is 8.59. The molecular formula is C13H21N3O4S. The van der Waals surface area contributed by atoms with E-state index < -0.39 is 21.4 Å². The maximum Gasteiger partial charge on any atom is 0.310 e. The Morgan fingerprint density at radius 1 is 1.38 bits per heavy atom. The molecule has 1 aliphatic carbocycles. The second-order valence-corrected chi connectivity index (χ2v) is 7.39. The molecule has 2 rings (SSSR count). The average molecular weight is 315 g/mol. The summed E-state index contributed by atoms with van der Waals surface area (Å²) >= 11 is 0. The molecule has 7 nitrogen and oxygen atoms in total. The molecule has 1 heterocycles. The van der Waals surface area contributed by atoms with Gasteiger partial charge in [0, 0.05) is 6.54 Å². The minimum Gasteiger partial charge on any atom is -0.481 e. The van der Waals surface area contributed by atoms with Crippen LogP contribution in [-0.2, 0) is 14.8 Å². The maximum absolute atomic E-state index is 12.2. The number of sulfonamides is 1. The zero-order chi connectivity index (χ0) is 15.5. The Morgan fingerprint density at radius 2 is 2.00 bits per heavy atom. The monoisotopic (exact) mass is 315 g/mol. The number of nitrogens with zero attached hydrogens (tertiary/aromatic N) is 1. The Morgan fingerprint density at radius 3 is 2.48 bits per heavy atom. The molecule has 1 saturated carbocycles. The summed E-state index contributed by atoms with van der Waals surface area (Å²) < 4.78 is 26.8. The van der Waals surface area contributed by atoms with Gasteiger partial charge in [0.2, 0.25) is 0 Å². The maximum atomic E-state index is 12.2. The quantitative estimate of drug-likeness (QED) is 0.711. The van der Waals surface area contributed by atoms with Gasteiger partial charge in [-0.25, -0.2) is 18.1 Å². The van der Waals surface area contributed by atoms with E-state index in [0.29, 0.717) is 18.7 Å². The molecule has 0 unspecified atom stereocenters. The first-order valence-electron chi connectivity index (χ1n) is 7.10. The summed E-state index contributed by atoms with van der Waals surface area (Å²) in [5.41, 5.74) is -1.00. The second-order valence-electron chi connectivity index (χ2n) is 5.66. The van der Waals surface area contributed by atoms with Gasteiger partial charge in [0.1, 0.15) is 5.82 Å². The summed E-state index contributed by atoms with van der Waals surface area (Å²) in [7, 11) is -3.75. The van der Waals surface area contributed by atoms with Crippen molar-refractivity contribution in [2.45, 2.75) is 50.5 Å². The van der Waals surface area contributed by atoms with Gasteiger partial charge in [0.05, 0.1) is 11.6 Å². The minimum absolute atomic E-state index is 0.0332. The zero-order valence-electron chi connectivity index (χ0n) is 12.1. The van der Waals surface area contributed by atoms with Crippen molar-refractivity contribution in [1.29, 1.82) is 0 Å². The zero-order valence-corrected chi connectivity index (χ0v) is 12.9. The Bertz CT molecular complexity index is 601. The summed E-state index contributed by atoms with van der Waals surface area (Å²) in [4.78, 5) is 18.1. The molecule has 0 bridgehead atoms. The van der Waals surface area contributed by atoms with Crippen LogP contribution in [-0.4, -0.2) is 36.0 Å². The van der Waals surface area contributed by atoms with Crippen molar-refractivity contribution in [2.75, 3.05) is 6.54 Å². The van der Waals surface area contributed by atoms with Crippen LogP contribution in [0.1, 0.15) is 44.3 Å². The number of H-pyrrole nitrogens is 1. The number of hydrogen-bond donors (Lipinski definition) is 3. The van der Waals surface area contributed by atoms with Gasteiger partial charge in [0.15, 0.2) is 5.03 Å². The van der Waals surface area contributed by atoms with Crippen LogP contribution in [0.25, 0.3) is 0 Å². The molecule has 0 radical (unpaired) electrons. The molecule has 8 heteroatoms. The fourth-order valence-corrected chi connectivity index (χ4v) is 3.81. The van der Waals surface area contributed by atoms with Gasteiger partial charge in [-0.05, 0) is 19.8 Å². The van der Waals surface area contributed by atoms with E-state index in [9.17, 15) is 18.3 Å². The third-order valence-electron chi connectivity index (χ3n) is 4.08. The van der Waals surface area contributed by atoms with Crippen molar-refractivity contribution >= 4 is 16.0 Å². The number of nitrogens with one attached hydrogen (secondary N) is 2. The van der Waals surface area contributed by atoms with E-state index in [1.165, 1.54) is 6.20 Å². The molecule has 0 spiro atoms. The van der Waals surface area contributed by atoms with Gasteiger partial charge in [0.25, 0.3) is 10.0 Å². The standard InChI is InChI=1S/C13H21N3O4S/c1-10-14-8-11(16-10)21(19,20)15-9-13(12(17)18)6-4-2-3-5-7-13/h8,15H,2-7,9H2,1H3,(H,14,16)(H,17,18). The molecule has 0 atom stereocenters. The van der Waals surface area contributed by atoms with Crippen LogP contribution in [0.3, 0.4) is 0 Å². The fourth-order valence-electron chi connectivity index (χ4n) is 2.72. The predicted molar refractivity (Wildman–Crippen MR) is 76.3 cm³/mol. The normalized spacial score (nSPS) is 19.1. The summed E-state index contributed by atoms with van der Waals surface area (Å²) in [6.07, 6.45) is 5.88. The molecule has 1 aromatic heterocycles. The highest BCUT2D eigenvalue weighted by Gasteiger charge is 2.39. The van der Waals surface area contributed by atoms with Gasteiger partial charge in [-0.2, -0.15) is 0 Å². The molecule has 1 aromatic rings. The highest BCUT2D eigenvalue weighted by molar-refractivity contribution is 7.89. The van der Waals surface area contributed by atoms with E-state index in [1.54, 1.807) is 6.92 Å². The minimum atomic E-state index is -3.75. The van der Waals surface area contributed by atoms with Crippen LogP contribution in [0.15, 0.2) is 11.2 Å². The van der Waals surface area contributed by atoms with E-state index in [1.807, 2.05) is 0 Å². The highest BCUT2D eigenvalue weighted by atomic mass is 32.2. The molecule has 118 valence electrons. The summed E-state index contributed by atoms with van der Waals surface area (Å²) in [6.45, 7) is 1.58. The predicted octanol–water partition coefficient (Wildman–Crippen LogP) is 1.42. The number of aryl methyl sites for hydroxylation is 1. The number of imidazole rings is 1. The molecule has 3 N–H and O–H groups in total. The summed E-state index contributed by atoms with van der Waals surface area (Å²) in [6, 6.07) is 0. The lowest BCUT2D eigenvalue weighted by Gasteiger charge is -2.27. The van der Waals surface area contributed by atoms with Crippen LogP contribution < -0.4 is 4.72 Å². The number of aromatic nitrogens is 2. The molecule has 1 aliphatic rings. The van der Waals surface area contributed by atoms with E-state index in [2.05, 4.69) is 14.7 Å². The summed E-state index contributed by atoms with van der Waals surface area (Å²) in [5.74, 6) is -0.425.